The summed E-state index contributed by atoms with van der Waals surface area (Å²) in [6.45, 7) is 0. The average Bonchev–Trinajstić information content (AvgIpc) is 2.68. The normalized spacial score (nSPS) is 24.5. The van der Waals surface area contributed by atoms with Crippen LogP contribution in [0.4, 0.5) is 0 Å². The van der Waals surface area contributed by atoms with E-state index in [-0.39, 0.29) is 6.42 Å². The number of hydrogen-bond acceptors (Lipinski definition) is 3. The highest BCUT2D eigenvalue weighted by molar-refractivity contribution is 5.97. The van der Waals surface area contributed by atoms with E-state index in [0.717, 1.165) is 5.56 Å². The van der Waals surface area contributed by atoms with Crippen LogP contribution in [0.1, 0.15) is 67.9 Å². The van der Waals surface area contributed by atoms with E-state index >= 15 is 0 Å². The summed E-state index contributed by atoms with van der Waals surface area (Å²) >= 11 is 0. The number of carbonyl (C=O) groups excluding carboxylic acids is 2. The second-order valence-corrected chi connectivity index (χ2v) is 5.90. The van der Waals surface area contributed by atoms with Gasteiger partial charge in [-0.05, 0) is 29.9 Å². The van der Waals surface area contributed by atoms with Crippen molar-refractivity contribution < 1.29 is 14.3 Å². The van der Waals surface area contributed by atoms with Crippen LogP contribution in [0.15, 0.2) is 24.3 Å². The van der Waals surface area contributed by atoms with Gasteiger partial charge in [-0.1, -0.05) is 49.9 Å². The van der Waals surface area contributed by atoms with Gasteiger partial charge >= 0.3 is 11.9 Å². The van der Waals surface area contributed by atoms with Crippen LogP contribution in [0.3, 0.4) is 0 Å². The molecule has 3 nitrogen and oxygen atoms in total. The first-order chi connectivity index (χ1) is 9.74. The zero-order chi connectivity index (χ0) is 13.9. The zero-order valence-corrected chi connectivity index (χ0v) is 11.6. The Morgan fingerprint density at radius 3 is 2.00 bits per heavy atom. The predicted octanol–water partition coefficient (Wildman–Crippen LogP) is 3.68. The number of hydrogen-bond donors (Lipinski definition) is 0. The molecule has 0 radical (unpaired) electrons. The topological polar surface area (TPSA) is 43.4 Å². The molecule has 3 rings (SSSR count). The molecule has 0 N–H and O–H groups in total. The van der Waals surface area contributed by atoms with E-state index in [0.29, 0.717) is 5.92 Å². The molecule has 20 heavy (non-hydrogen) atoms. The first-order valence-electron chi connectivity index (χ1n) is 7.58. The predicted molar refractivity (Wildman–Crippen MR) is 75.3 cm³/mol. The van der Waals surface area contributed by atoms with Crippen LogP contribution in [0, 0.1) is 0 Å². The van der Waals surface area contributed by atoms with Gasteiger partial charge in [0.15, 0.2) is 0 Å². The van der Waals surface area contributed by atoms with Crippen molar-refractivity contribution >= 4 is 11.9 Å². The summed E-state index contributed by atoms with van der Waals surface area (Å²) in [5, 5.41) is 0. The Morgan fingerprint density at radius 1 is 0.850 bits per heavy atom. The molecule has 0 aromatic heterocycles. The quantitative estimate of drug-likeness (QED) is 0.468. The Hall–Kier alpha value is -1.64. The lowest BCUT2D eigenvalue weighted by Crippen LogP contribution is -2.06. The number of ether oxygens (including phenoxy) is 1. The van der Waals surface area contributed by atoms with Gasteiger partial charge in [-0.15, -0.1) is 0 Å². The molecule has 0 amide bonds. The van der Waals surface area contributed by atoms with Crippen molar-refractivity contribution in [1.29, 1.82) is 0 Å². The number of rotatable bonds is 2. The molecule has 0 spiro atoms. The molecule has 106 valence electrons. The Balaban J connectivity index is 1.74. The third kappa shape index (κ3) is 2.77. The SMILES string of the molecule is O=C1CC(c2ccc(C3CCCCCC3)cc2)C(=O)O1. The Kier molecular flexibility index (Phi) is 3.86. The molecular weight excluding hydrogens is 252 g/mol. The third-order valence-electron chi connectivity index (χ3n) is 4.54. The fourth-order valence-electron chi connectivity index (χ4n) is 3.34. The van der Waals surface area contributed by atoms with E-state index in [1.165, 1.54) is 44.1 Å². The Bertz CT molecular complexity index is 495. The van der Waals surface area contributed by atoms with E-state index in [2.05, 4.69) is 16.9 Å². The number of esters is 2. The van der Waals surface area contributed by atoms with Crippen molar-refractivity contribution in [3.63, 3.8) is 0 Å². The van der Waals surface area contributed by atoms with E-state index < -0.39 is 17.9 Å². The lowest BCUT2D eigenvalue weighted by Gasteiger charge is -2.15. The minimum atomic E-state index is -0.409. The summed E-state index contributed by atoms with van der Waals surface area (Å²) in [7, 11) is 0. The molecule has 1 aromatic carbocycles. The number of cyclic esters (lactones) is 2. The van der Waals surface area contributed by atoms with Crippen LogP contribution in [-0.2, 0) is 14.3 Å². The molecule has 1 aromatic rings. The molecule has 1 aliphatic heterocycles. The first-order valence-corrected chi connectivity index (χ1v) is 7.58. The molecule has 1 atom stereocenters. The van der Waals surface area contributed by atoms with Crippen molar-refractivity contribution in [3.8, 4) is 0 Å². The van der Waals surface area contributed by atoms with Crippen molar-refractivity contribution in [3.05, 3.63) is 35.4 Å². The van der Waals surface area contributed by atoms with Gasteiger partial charge in [0.1, 0.15) is 0 Å². The summed E-state index contributed by atoms with van der Waals surface area (Å²) in [5.41, 5.74) is 2.27. The third-order valence-corrected chi connectivity index (χ3v) is 4.54. The zero-order valence-electron chi connectivity index (χ0n) is 11.6. The lowest BCUT2D eigenvalue weighted by molar-refractivity contribution is -0.152. The van der Waals surface area contributed by atoms with E-state index in [4.69, 9.17) is 0 Å². The van der Waals surface area contributed by atoms with E-state index in [1.807, 2.05) is 12.1 Å². The molecule has 0 bridgehead atoms. The maximum absolute atomic E-state index is 11.6. The molecule has 1 aliphatic carbocycles. The van der Waals surface area contributed by atoms with E-state index in [1.54, 1.807) is 0 Å². The maximum atomic E-state index is 11.6. The first kappa shape index (κ1) is 13.3. The molecular formula is C17H20O3. The van der Waals surface area contributed by atoms with Crippen LogP contribution in [0.2, 0.25) is 0 Å². The Labute approximate surface area is 119 Å². The van der Waals surface area contributed by atoms with Crippen LogP contribution < -0.4 is 0 Å². The van der Waals surface area contributed by atoms with Gasteiger partial charge in [0, 0.05) is 0 Å². The molecule has 1 unspecified atom stereocenters. The summed E-state index contributed by atoms with van der Waals surface area (Å²) in [6, 6.07) is 8.23. The van der Waals surface area contributed by atoms with Gasteiger partial charge in [0.25, 0.3) is 0 Å². The summed E-state index contributed by atoms with van der Waals surface area (Å²) in [4.78, 5) is 22.7. The summed E-state index contributed by atoms with van der Waals surface area (Å²) in [5.74, 6) is -0.556. The highest BCUT2D eigenvalue weighted by Crippen LogP contribution is 2.33. The van der Waals surface area contributed by atoms with Crippen LogP contribution in [-0.4, -0.2) is 11.9 Å². The number of carbonyl (C=O) groups is 2. The van der Waals surface area contributed by atoms with Gasteiger partial charge in [-0.2, -0.15) is 0 Å². The fourth-order valence-corrected chi connectivity index (χ4v) is 3.34. The largest absolute Gasteiger partial charge is 0.393 e. The molecule has 3 heteroatoms. The van der Waals surface area contributed by atoms with Crippen molar-refractivity contribution in [2.24, 2.45) is 0 Å². The van der Waals surface area contributed by atoms with Crippen molar-refractivity contribution in [2.45, 2.75) is 56.8 Å². The molecule has 1 saturated carbocycles. The van der Waals surface area contributed by atoms with Crippen molar-refractivity contribution in [2.75, 3.05) is 0 Å². The molecule has 1 heterocycles. The minimum Gasteiger partial charge on any atom is -0.393 e. The van der Waals surface area contributed by atoms with Gasteiger partial charge < -0.3 is 4.74 Å². The highest BCUT2D eigenvalue weighted by atomic mass is 16.6. The standard InChI is InChI=1S/C17H20O3/c18-16-11-15(17(19)20-16)14-9-7-13(8-10-14)12-5-3-1-2-4-6-12/h7-10,12,15H,1-6,11H2. The van der Waals surface area contributed by atoms with E-state index in [9.17, 15) is 9.59 Å². The monoisotopic (exact) mass is 272 g/mol. The van der Waals surface area contributed by atoms with Crippen LogP contribution in [0.25, 0.3) is 0 Å². The second kappa shape index (κ2) is 5.78. The second-order valence-electron chi connectivity index (χ2n) is 5.90. The Morgan fingerprint density at radius 2 is 1.45 bits per heavy atom. The maximum Gasteiger partial charge on any atom is 0.321 e. The fraction of sp³-hybridized carbons (Fsp3) is 0.529. The molecule has 2 aliphatic rings. The van der Waals surface area contributed by atoms with Gasteiger partial charge in [-0.25, -0.2) is 0 Å². The molecule has 1 saturated heterocycles. The molecule has 2 fully saturated rings. The summed E-state index contributed by atoms with van der Waals surface area (Å²) < 4.78 is 4.61. The van der Waals surface area contributed by atoms with Crippen LogP contribution in [0.5, 0.6) is 0 Å². The number of benzene rings is 1. The highest BCUT2D eigenvalue weighted by Gasteiger charge is 2.34. The van der Waals surface area contributed by atoms with Crippen LogP contribution >= 0.6 is 0 Å². The van der Waals surface area contributed by atoms with Crippen molar-refractivity contribution in [1.82, 2.24) is 0 Å². The summed E-state index contributed by atoms with van der Waals surface area (Å²) in [6.07, 6.45) is 8.05. The van der Waals surface area contributed by atoms with Gasteiger partial charge in [0.05, 0.1) is 12.3 Å². The lowest BCUT2D eigenvalue weighted by atomic mass is 9.89. The smallest absolute Gasteiger partial charge is 0.321 e. The van der Waals surface area contributed by atoms with Gasteiger partial charge in [-0.3, -0.25) is 9.59 Å². The van der Waals surface area contributed by atoms with Gasteiger partial charge in [0.2, 0.25) is 0 Å². The average molecular weight is 272 g/mol. The minimum absolute atomic E-state index is 0.182.